The molecule has 96 valence electrons. The van der Waals surface area contributed by atoms with Crippen LogP contribution >= 0.6 is 11.6 Å². The topological polar surface area (TPSA) is 55.9 Å². The molecule has 0 fully saturated rings. The number of nitrogens with one attached hydrogen (secondary N) is 1. The van der Waals surface area contributed by atoms with Gasteiger partial charge in [0.25, 0.3) is 0 Å². The molecule has 18 heavy (non-hydrogen) atoms. The lowest BCUT2D eigenvalue weighted by molar-refractivity contribution is 0.540. The Hall–Kier alpha value is -1.36. The lowest BCUT2D eigenvalue weighted by atomic mass is 10.0. The SMILES string of the molecule is Cc1ccc(CC(NN)c2cn(C)cn2)c(Cl)c1. The van der Waals surface area contributed by atoms with E-state index in [2.05, 4.69) is 10.4 Å². The highest BCUT2D eigenvalue weighted by molar-refractivity contribution is 6.31. The van der Waals surface area contributed by atoms with Crippen LogP contribution in [0.3, 0.4) is 0 Å². The average Bonchev–Trinajstić information content (AvgIpc) is 2.75. The zero-order valence-corrected chi connectivity index (χ0v) is 11.3. The first kappa shape index (κ1) is 13.1. The van der Waals surface area contributed by atoms with Crippen LogP contribution in [-0.2, 0) is 13.5 Å². The quantitative estimate of drug-likeness (QED) is 0.657. The lowest BCUT2D eigenvalue weighted by Gasteiger charge is -2.14. The number of halogens is 1. The molecular weight excluding hydrogens is 248 g/mol. The third-order valence-electron chi connectivity index (χ3n) is 2.92. The van der Waals surface area contributed by atoms with Crippen LogP contribution in [0.2, 0.25) is 5.02 Å². The fourth-order valence-corrected chi connectivity index (χ4v) is 2.21. The molecule has 0 bridgehead atoms. The van der Waals surface area contributed by atoms with Crippen LogP contribution in [0.5, 0.6) is 0 Å². The van der Waals surface area contributed by atoms with Crippen molar-refractivity contribution in [2.75, 3.05) is 0 Å². The van der Waals surface area contributed by atoms with Gasteiger partial charge in [0, 0.05) is 18.3 Å². The van der Waals surface area contributed by atoms with E-state index in [1.165, 1.54) is 0 Å². The molecule has 0 spiro atoms. The zero-order chi connectivity index (χ0) is 13.1. The number of aromatic nitrogens is 2. The van der Waals surface area contributed by atoms with Crippen molar-refractivity contribution in [3.05, 3.63) is 52.6 Å². The summed E-state index contributed by atoms with van der Waals surface area (Å²) >= 11 is 6.23. The van der Waals surface area contributed by atoms with E-state index >= 15 is 0 Å². The molecule has 0 saturated carbocycles. The van der Waals surface area contributed by atoms with Crippen molar-refractivity contribution in [3.63, 3.8) is 0 Å². The molecule has 0 aliphatic rings. The fourth-order valence-electron chi connectivity index (χ4n) is 1.90. The van der Waals surface area contributed by atoms with Crippen LogP contribution in [0, 0.1) is 6.92 Å². The van der Waals surface area contributed by atoms with E-state index in [1.807, 2.05) is 42.9 Å². The Morgan fingerprint density at radius 1 is 1.50 bits per heavy atom. The summed E-state index contributed by atoms with van der Waals surface area (Å²) in [6, 6.07) is 6.01. The molecule has 0 radical (unpaired) electrons. The van der Waals surface area contributed by atoms with Crippen LogP contribution in [-0.4, -0.2) is 9.55 Å². The molecule has 0 aliphatic carbocycles. The molecule has 2 rings (SSSR count). The highest BCUT2D eigenvalue weighted by Gasteiger charge is 2.14. The van der Waals surface area contributed by atoms with E-state index in [1.54, 1.807) is 6.33 Å². The van der Waals surface area contributed by atoms with Gasteiger partial charge in [-0.15, -0.1) is 0 Å². The van der Waals surface area contributed by atoms with Crippen LogP contribution in [0.1, 0.15) is 22.9 Å². The van der Waals surface area contributed by atoms with E-state index < -0.39 is 0 Å². The minimum absolute atomic E-state index is 0.0357. The second-order valence-electron chi connectivity index (χ2n) is 4.48. The fraction of sp³-hybridized carbons (Fsp3) is 0.308. The van der Waals surface area contributed by atoms with E-state index in [-0.39, 0.29) is 6.04 Å². The molecule has 1 heterocycles. The molecule has 5 heteroatoms. The number of benzene rings is 1. The summed E-state index contributed by atoms with van der Waals surface area (Å²) in [5, 5.41) is 0.770. The number of aryl methyl sites for hydroxylation is 2. The standard InChI is InChI=1S/C13H17ClN4/c1-9-3-4-10(11(14)5-9)6-12(17-15)13-7-18(2)8-16-13/h3-5,7-8,12,17H,6,15H2,1-2H3. The minimum Gasteiger partial charge on any atom is -0.340 e. The maximum absolute atomic E-state index is 6.23. The molecule has 1 aromatic carbocycles. The predicted molar refractivity (Wildman–Crippen MR) is 73.2 cm³/mol. The molecule has 0 aliphatic heterocycles. The largest absolute Gasteiger partial charge is 0.340 e. The molecule has 2 aromatic rings. The van der Waals surface area contributed by atoms with Crippen molar-refractivity contribution in [1.29, 1.82) is 0 Å². The van der Waals surface area contributed by atoms with Gasteiger partial charge in [0.05, 0.1) is 18.1 Å². The monoisotopic (exact) mass is 264 g/mol. The normalized spacial score (nSPS) is 12.7. The van der Waals surface area contributed by atoms with Crippen molar-refractivity contribution >= 4 is 11.6 Å². The van der Waals surface area contributed by atoms with Gasteiger partial charge in [-0.1, -0.05) is 23.7 Å². The third kappa shape index (κ3) is 2.90. The summed E-state index contributed by atoms with van der Waals surface area (Å²) in [6.07, 6.45) is 4.43. The Bertz CT molecular complexity index is 536. The van der Waals surface area contributed by atoms with Gasteiger partial charge in [0.2, 0.25) is 0 Å². The lowest BCUT2D eigenvalue weighted by Crippen LogP contribution is -2.30. The maximum Gasteiger partial charge on any atom is 0.0947 e. The van der Waals surface area contributed by atoms with Gasteiger partial charge < -0.3 is 4.57 Å². The average molecular weight is 265 g/mol. The molecule has 1 aromatic heterocycles. The Labute approximate surface area is 112 Å². The number of nitrogens with zero attached hydrogens (tertiary/aromatic N) is 2. The predicted octanol–water partition coefficient (Wildman–Crippen LogP) is 2.13. The van der Waals surface area contributed by atoms with Gasteiger partial charge in [-0.05, 0) is 30.5 Å². The summed E-state index contributed by atoms with van der Waals surface area (Å²) in [4.78, 5) is 4.31. The van der Waals surface area contributed by atoms with Crippen LogP contribution in [0.4, 0.5) is 0 Å². The van der Waals surface area contributed by atoms with Gasteiger partial charge in [0.15, 0.2) is 0 Å². The van der Waals surface area contributed by atoms with Crippen molar-refractivity contribution in [1.82, 2.24) is 15.0 Å². The highest BCUT2D eigenvalue weighted by Crippen LogP contribution is 2.23. The maximum atomic E-state index is 6.23. The molecule has 1 unspecified atom stereocenters. The van der Waals surface area contributed by atoms with Gasteiger partial charge in [-0.2, -0.15) is 0 Å². The molecule has 4 nitrogen and oxygen atoms in total. The summed E-state index contributed by atoms with van der Waals surface area (Å²) in [5.41, 5.74) is 5.92. The van der Waals surface area contributed by atoms with Gasteiger partial charge >= 0.3 is 0 Å². The van der Waals surface area contributed by atoms with E-state index in [4.69, 9.17) is 17.4 Å². The van der Waals surface area contributed by atoms with Crippen LogP contribution in [0.25, 0.3) is 0 Å². The van der Waals surface area contributed by atoms with Gasteiger partial charge in [-0.3, -0.25) is 11.3 Å². The van der Waals surface area contributed by atoms with Crippen molar-refractivity contribution in [2.45, 2.75) is 19.4 Å². The van der Waals surface area contributed by atoms with Gasteiger partial charge in [-0.25, -0.2) is 4.98 Å². The smallest absolute Gasteiger partial charge is 0.0947 e. The van der Waals surface area contributed by atoms with E-state index in [0.717, 1.165) is 21.8 Å². The first-order valence-electron chi connectivity index (χ1n) is 5.79. The molecular formula is C13H17ClN4. The number of hydrogen-bond donors (Lipinski definition) is 2. The van der Waals surface area contributed by atoms with Crippen LogP contribution < -0.4 is 11.3 Å². The molecule has 0 saturated heterocycles. The molecule has 0 amide bonds. The van der Waals surface area contributed by atoms with E-state index in [0.29, 0.717) is 6.42 Å². The van der Waals surface area contributed by atoms with Crippen molar-refractivity contribution < 1.29 is 0 Å². The summed E-state index contributed by atoms with van der Waals surface area (Å²) in [7, 11) is 1.93. The number of nitrogens with two attached hydrogens (primary N) is 1. The number of hydrogen-bond acceptors (Lipinski definition) is 3. The second-order valence-corrected chi connectivity index (χ2v) is 4.89. The third-order valence-corrected chi connectivity index (χ3v) is 3.27. The zero-order valence-electron chi connectivity index (χ0n) is 10.5. The Balaban J connectivity index is 2.20. The summed E-state index contributed by atoms with van der Waals surface area (Å²) < 4.78 is 1.90. The number of rotatable bonds is 4. The Kier molecular flexibility index (Phi) is 4.01. The Morgan fingerprint density at radius 3 is 2.83 bits per heavy atom. The molecule has 1 atom stereocenters. The van der Waals surface area contributed by atoms with Gasteiger partial charge in [0.1, 0.15) is 0 Å². The van der Waals surface area contributed by atoms with Crippen molar-refractivity contribution in [3.8, 4) is 0 Å². The first-order chi connectivity index (χ1) is 8.60. The first-order valence-corrected chi connectivity index (χ1v) is 6.17. The molecule has 3 N–H and O–H groups in total. The highest BCUT2D eigenvalue weighted by atomic mass is 35.5. The van der Waals surface area contributed by atoms with Crippen molar-refractivity contribution in [2.24, 2.45) is 12.9 Å². The number of imidazole rings is 1. The number of hydrazine groups is 1. The second kappa shape index (κ2) is 5.52. The van der Waals surface area contributed by atoms with Crippen LogP contribution in [0.15, 0.2) is 30.7 Å². The Morgan fingerprint density at radius 2 is 2.28 bits per heavy atom. The summed E-state index contributed by atoms with van der Waals surface area (Å²) in [6.45, 7) is 2.02. The summed E-state index contributed by atoms with van der Waals surface area (Å²) in [5.74, 6) is 5.60. The van der Waals surface area contributed by atoms with E-state index in [9.17, 15) is 0 Å². The minimum atomic E-state index is -0.0357.